The molecule has 3 unspecified atom stereocenters. The summed E-state index contributed by atoms with van der Waals surface area (Å²) in [5.41, 5.74) is 8.40. The van der Waals surface area contributed by atoms with E-state index in [1.165, 1.54) is 6.92 Å². The average molecular weight is 480 g/mol. The Morgan fingerprint density at radius 2 is 1.63 bits per heavy atom. The quantitative estimate of drug-likeness (QED) is 0.234. The highest BCUT2D eigenvalue weighted by molar-refractivity contribution is 5.92. The SMILES string of the molecule is CC(NC(=O)CNC(=O)C(N)Cc1ccccc1)C(=O)NC(Cc1c[nH]c2ccccc12)C(=O)O. The first kappa shape index (κ1) is 25.4. The van der Waals surface area contributed by atoms with Gasteiger partial charge >= 0.3 is 5.97 Å². The number of hydrogen-bond donors (Lipinski definition) is 6. The lowest BCUT2D eigenvalue weighted by Gasteiger charge is -2.19. The molecule has 0 aliphatic heterocycles. The summed E-state index contributed by atoms with van der Waals surface area (Å²) < 4.78 is 0. The molecule has 0 aliphatic carbocycles. The first-order valence-corrected chi connectivity index (χ1v) is 11.2. The van der Waals surface area contributed by atoms with E-state index in [0.29, 0.717) is 6.42 Å². The molecule has 0 bridgehead atoms. The fourth-order valence-corrected chi connectivity index (χ4v) is 3.63. The number of aromatic nitrogens is 1. The summed E-state index contributed by atoms with van der Waals surface area (Å²) in [7, 11) is 0. The van der Waals surface area contributed by atoms with Crippen LogP contribution in [0.4, 0.5) is 0 Å². The van der Waals surface area contributed by atoms with Crippen molar-refractivity contribution in [3.05, 3.63) is 71.9 Å². The highest BCUT2D eigenvalue weighted by Gasteiger charge is 2.25. The standard InChI is InChI=1S/C25H29N5O5/c1-15(29-22(31)14-28-24(33)19(26)11-16-7-3-2-4-8-16)23(32)30-21(25(34)35)12-17-13-27-20-10-6-5-9-18(17)20/h2-10,13,15,19,21,27H,11-12,14,26H2,1H3,(H,28,33)(H,29,31)(H,30,32)(H,34,35). The van der Waals surface area contributed by atoms with Crippen LogP contribution in [0.5, 0.6) is 0 Å². The Morgan fingerprint density at radius 3 is 2.34 bits per heavy atom. The van der Waals surface area contributed by atoms with Crippen molar-refractivity contribution in [2.75, 3.05) is 6.54 Å². The topological polar surface area (TPSA) is 166 Å². The van der Waals surface area contributed by atoms with Crippen LogP contribution in [0.25, 0.3) is 10.9 Å². The summed E-state index contributed by atoms with van der Waals surface area (Å²) in [5, 5.41) is 17.8. The molecule has 1 aromatic heterocycles. The van der Waals surface area contributed by atoms with Crippen LogP contribution in [0.15, 0.2) is 60.8 Å². The number of hydrogen-bond acceptors (Lipinski definition) is 5. The van der Waals surface area contributed by atoms with E-state index >= 15 is 0 Å². The van der Waals surface area contributed by atoms with Crippen LogP contribution in [0.3, 0.4) is 0 Å². The Kier molecular flexibility index (Phi) is 8.58. The number of H-pyrrole nitrogens is 1. The molecule has 0 saturated carbocycles. The largest absolute Gasteiger partial charge is 0.480 e. The van der Waals surface area contributed by atoms with E-state index in [2.05, 4.69) is 20.9 Å². The summed E-state index contributed by atoms with van der Waals surface area (Å²) in [4.78, 5) is 51.7. The number of carbonyl (C=O) groups is 4. The van der Waals surface area contributed by atoms with E-state index in [0.717, 1.165) is 22.0 Å². The van der Waals surface area contributed by atoms with Gasteiger partial charge in [-0.25, -0.2) is 4.79 Å². The van der Waals surface area contributed by atoms with Crippen molar-refractivity contribution >= 4 is 34.6 Å². The van der Waals surface area contributed by atoms with Crippen LogP contribution >= 0.6 is 0 Å². The molecule has 1 heterocycles. The van der Waals surface area contributed by atoms with Crippen molar-refractivity contribution in [3.8, 4) is 0 Å². The highest BCUT2D eigenvalue weighted by Crippen LogP contribution is 2.19. The fourth-order valence-electron chi connectivity index (χ4n) is 3.63. The number of carboxylic acid groups (broad SMARTS) is 1. The van der Waals surface area contributed by atoms with Gasteiger partial charge in [0.15, 0.2) is 0 Å². The molecule has 10 nitrogen and oxygen atoms in total. The van der Waals surface area contributed by atoms with Crippen LogP contribution in [-0.2, 0) is 32.0 Å². The van der Waals surface area contributed by atoms with Gasteiger partial charge in [-0.1, -0.05) is 48.5 Å². The lowest BCUT2D eigenvalue weighted by Crippen LogP contribution is -2.53. The summed E-state index contributed by atoms with van der Waals surface area (Å²) in [6, 6.07) is 13.7. The number of benzene rings is 2. The monoisotopic (exact) mass is 479 g/mol. The molecule has 35 heavy (non-hydrogen) atoms. The van der Waals surface area contributed by atoms with Gasteiger partial charge in [0.25, 0.3) is 0 Å². The Bertz CT molecular complexity index is 1190. The zero-order valence-electron chi connectivity index (χ0n) is 19.3. The molecular formula is C25H29N5O5. The fraction of sp³-hybridized carbons (Fsp3) is 0.280. The minimum atomic E-state index is -1.19. The third-order valence-electron chi connectivity index (χ3n) is 5.54. The summed E-state index contributed by atoms with van der Waals surface area (Å²) >= 11 is 0. The van der Waals surface area contributed by atoms with Gasteiger partial charge in [0.1, 0.15) is 12.1 Å². The molecule has 3 rings (SSSR count). The second-order valence-corrected chi connectivity index (χ2v) is 8.27. The third kappa shape index (κ3) is 7.15. The molecule has 0 aliphatic rings. The minimum absolute atomic E-state index is 0.0705. The van der Waals surface area contributed by atoms with Gasteiger partial charge in [-0.3, -0.25) is 14.4 Å². The molecule has 3 atom stereocenters. The normalized spacial score (nSPS) is 13.4. The van der Waals surface area contributed by atoms with Crippen LogP contribution in [0.1, 0.15) is 18.1 Å². The van der Waals surface area contributed by atoms with Crippen molar-refractivity contribution in [1.82, 2.24) is 20.9 Å². The van der Waals surface area contributed by atoms with Crippen molar-refractivity contribution in [2.24, 2.45) is 5.73 Å². The van der Waals surface area contributed by atoms with Crippen molar-refractivity contribution in [3.63, 3.8) is 0 Å². The number of nitrogens with one attached hydrogen (secondary N) is 4. The van der Waals surface area contributed by atoms with Crippen LogP contribution < -0.4 is 21.7 Å². The molecule has 2 aromatic carbocycles. The second-order valence-electron chi connectivity index (χ2n) is 8.27. The number of carbonyl (C=O) groups excluding carboxylic acids is 3. The molecule has 0 saturated heterocycles. The maximum atomic E-state index is 12.5. The van der Waals surface area contributed by atoms with E-state index in [1.807, 2.05) is 54.6 Å². The number of nitrogens with two attached hydrogens (primary N) is 1. The van der Waals surface area contributed by atoms with E-state index < -0.39 is 41.8 Å². The van der Waals surface area contributed by atoms with Gasteiger partial charge in [0.05, 0.1) is 12.6 Å². The molecule has 7 N–H and O–H groups in total. The zero-order chi connectivity index (χ0) is 25.4. The molecule has 0 spiro atoms. The van der Waals surface area contributed by atoms with E-state index in [9.17, 15) is 24.3 Å². The second kappa shape index (κ2) is 11.8. The van der Waals surface area contributed by atoms with Crippen molar-refractivity contribution in [2.45, 2.75) is 37.9 Å². The molecule has 3 aromatic rings. The number of aromatic amines is 1. The number of fused-ring (bicyclic) bond motifs is 1. The summed E-state index contributed by atoms with van der Waals surface area (Å²) in [5.74, 6) is -2.94. The Balaban J connectivity index is 1.47. The number of para-hydroxylation sites is 1. The molecule has 0 radical (unpaired) electrons. The number of rotatable bonds is 11. The molecular weight excluding hydrogens is 450 g/mol. The number of amides is 3. The van der Waals surface area contributed by atoms with Gasteiger partial charge < -0.3 is 31.8 Å². The first-order valence-electron chi connectivity index (χ1n) is 11.2. The lowest BCUT2D eigenvalue weighted by atomic mass is 10.0. The molecule has 184 valence electrons. The van der Waals surface area contributed by atoms with Gasteiger partial charge in [-0.15, -0.1) is 0 Å². The Morgan fingerprint density at radius 1 is 0.943 bits per heavy atom. The van der Waals surface area contributed by atoms with E-state index in [1.54, 1.807) is 6.20 Å². The summed E-state index contributed by atoms with van der Waals surface area (Å²) in [6.45, 7) is 1.07. The predicted molar refractivity (Wildman–Crippen MR) is 130 cm³/mol. The Hall–Kier alpha value is -4.18. The van der Waals surface area contributed by atoms with Crippen LogP contribution in [0.2, 0.25) is 0 Å². The summed E-state index contributed by atoms with van der Waals surface area (Å²) in [6.07, 6.45) is 2.10. The van der Waals surface area contributed by atoms with Crippen molar-refractivity contribution in [1.29, 1.82) is 0 Å². The molecule has 0 fully saturated rings. The predicted octanol–water partition coefficient (Wildman–Crippen LogP) is 0.471. The first-order chi connectivity index (χ1) is 16.7. The molecule has 3 amide bonds. The van der Waals surface area contributed by atoms with Crippen molar-refractivity contribution < 1.29 is 24.3 Å². The van der Waals surface area contributed by atoms with E-state index in [4.69, 9.17) is 5.73 Å². The lowest BCUT2D eigenvalue weighted by molar-refractivity contribution is -0.142. The van der Waals surface area contributed by atoms with Gasteiger partial charge in [0.2, 0.25) is 17.7 Å². The van der Waals surface area contributed by atoms with Gasteiger partial charge in [-0.05, 0) is 30.5 Å². The van der Waals surface area contributed by atoms with Gasteiger partial charge in [-0.2, -0.15) is 0 Å². The van der Waals surface area contributed by atoms with Crippen LogP contribution in [-0.4, -0.2) is 58.5 Å². The van der Waals surface area contributed by atoms with Crippen LogP contribution in [0, 0.1) is 0 Å². The van der Waals surface area contributed by atoms with Gasteiger partial charge in [0, 0.05) is 23.5 Å². The molecule has 10 heteroatoms. The maximum absolute atomic E-state index is 12.5. The minimum Gasteiger partial charge on any atom is -0.480 e. The maximum Gasteiger partial charge on any atom is 0.326 e. The smallest absolute Gasteiger partial charge is 0.326 e. The Labute approximate surface area is 202 Å². The van der Waals surface area contributed by atoms with E-state index in [-0.39, 0.29) is 13.0 Å². The highest BCUT2D eigenvalue weighted by atomic mass is 16.4. The third-order valence-corrected chi connectivity index (χ3v) is 5.54. The average Bonchev–Trinajstić information content (AvgIpc) is 3.25. The number of aliphatic carboxylic acids is 1. The number of carboxylic acids is 1. The zero-order valence-corrected chi connectivity index (χ0v) is 19.3.